The number of guanidine groups is 1. The van der Waals surface area contributed by atoms with E-state index in [1.54, 1.807) is 0 Å². The summed E-state index contributed by atoms with van der Waals surface area (Å²) in [4.78, 5) is 19.0. The fraction of sp³-hybridized carbons (Fsp3) is 0.636. The van der Waals surface area contributed by atoms with E-state index in [4.69, 9.17) is 0 Å². The molecule has 154 valence electrons. The molecule has 1 aromatic rings. The molecule has 6 nitrogen and oxygen atoms in total. The Hall–Kier alpha value is -2.08. The second kappa shape index (κ2) is 10.5. The predicted molar refractivity (Wildman–Crippen MR) is 114 cm³/mol. The molecule has 28 heavy (non-hydrogen) atoms. The van der Waals surface area contributed by atoms with E-state index in [9.17, 15) is 4.79 Å². The van der Waals surface area contributed by atoms with Crippen molar-refractivity contribution in [3.8, 4) is 0 Å². The molecule has 0 bridgehead atoms. The van der Waals surface area contributed by atoms with Crippen LogP contribution in [-0.4, -0.2) is 54.5 Å². The number of rotatable bonds is 9. The van der Waals surface area contributed by atoms with Crippen LogP contribution in [0.3, 0.4) is 0 Å². The molecule has 2 fully saturated rings. The van der Waals surface area contributed by atoms with Crippen molar-refractivity contribution in [2.24, 2.45) is 4.99 Å². The molecule has 1 saturated heterocycles. The number of hydrogen-bond donors (Lipinski definition) is 3. The molecule has 2 aliphatic rings. The summed E-state index contributed by atoms with van der Waals surface area (Å²) in [7, 11) is 0. The van der Waals surface area contributed by atoms with Crippen LogP contribution in [0.2, 0.25) is 0 Å². The minimum atomic E-state index is 0.164. The van der Waals surface area contributed by atoms with Crippen LogP contribution in [-0.2, 0) is 11.3 Å². The summed E-state index contributed by atoms with van der Waals surface area (Å²) in [6, 6.07) is 12.0. The maximum atomic E-state index is 11.8. The standard InChI is InChI=1S/C22H35N5O/c1-3-23-22(24-13-7-10-21(28)25-19-11-12-19)26-20-14-17(2)27(16-20)15-18-8-5-4-6-9-18/h4-6,8-9,17,19-20H,3,7,10-16H2,1-2H3,(H,25,28)(H2,23,24,26). The SMILES string of the molecule is CCNC(=NCCCC(=O)NC1CC1)NC1CC(C)N(Cc2ccccc2)C1. The Balaban J connectivity index is 1.43. The maximum absolute atomic E-state index is 11.8. The van der Waals surface area contributed by atoms with E-state index in [-0.39, 0.29) is 5.91 Å². The molecular weight excluding hydrogens is 350 g/mol. The van der Waals surface area contributed by atoms with Gasteiger partial charge in [0.05, 0.1) is 0 Å². The molecule has 6 heteroatoms. The molecule has 1 saturated carbocycles. The zero-order chi connectivity index (χ0) is 19.8. The minimum Gasteiger partial charge on any atom is -0.357 e. The lowest BCUT2D eigenvalue weighted by atomic mass is 10.2. The van der Waals surface area contributed by atoms with Gasteiger partial charge in [-0.1, -0.05) is 30.3 Å². The Morgan fingerprint density at radius 2 is 1.96 bits per heavy atom. The van der Waals surface area contributed by atoms with Crippen LogP contribution >= 0.6 is 0 Å². The third kappa shape index (κ3) is 6.82. The summed E-state index contributed by atoms with van der Waals surface area (Å²) in [5, 5.41) is 9.96. The highest BCUT2D eigenvalue weighted by atomic mass is 16.1. The minimum absolute atomic E-state index is 0.164. The van der Waals surface area contributed by atoms with Gasteiger partial charge in [0.2, 0.25) is 5.91 Å². The number of benzene rings is 1. The molecule has 3 rings (SSSR count). The van der Waals surface area contributed by atoms with Crippen molar-refractivity contribution in [2.45, 2.75) is 70.6 Å². The van der Waals surface area contributed by atoms with E-state index >= 15 is 0 Å². The first-order valence-electron chi connectivity index (χ1n) is 10.8. The van der Waals surface area contributed by atoms with Gasteiger partial charge in [-0.3, -0.25) is 14.7 Å². The van der Waals surface area contributed by atoms with Crippen molar-refractivity contribution < 1.29 is 4.79 Å². The molecule has 1 aromatic carbocycles. The zero-order valence-electron chi connectivity index (χ0n) is 17.3. The van der Waals surface area contributed by atoms with Crippen molar-refractivity contribution in [3.63, 3.8) is 0 Å². The molecule has 3 N–H and O–H groups in total. The molecule has 1 amide bonds. The normalized spacial score (nSPS) is 22.9. The lowest BCUT2D eigenvalue weighted by Gasteiger charge is -2.21. The van der Waals surface area contributed by atoms with E-state index in [0.29, 0.717) is 31.1 Å². The molecule has 1 heterocycles. The Morgan fingerprint density at radius 3 is 2.68 bits per heavy atom. The van der Waals surface area contributed by atoms with Crippen LogP contribution in [0.1, 0.15) is 51.5 Å². The van der Waals surface area contributed by atoms with E-state index < -0.39 is 0 Å². The topological polar surface area (TPSA) is 68.8 Å². The van der Waals surface area contributed by atoms with Crippen LogP contribution in [0.4, 0.5) is 0 Å². The van der Waals surface area contributed by atoms with Gasteiger partial charge in [-0.05, 0) is 45.1 Å². The van der Waals surface area contributed by atoms with Gasteiger partial charge in [-0.2, -0.15) is 0 Å². The first kappa shape index (κ1) is 20.6. The molecule has 1 aliphatic carbocycles. The number of amides is 1. The summed E-state index contributed by atoms with van der Waals surface area (Å²) in [6.45, 7) is 7.90. The monoisotopic (exact) mass is 385 g/mol. The number of likely N-dealkylation sites (tertiary alicyclic amines) is 1. The number of carbonyl (C=O) groups is 1. The average Bonchev–Trinajstić information content (AvgIpc) is 3.42. The van der Waals surface area contributed by atoms with Crippen molar-refractivity contribution in [3.05, 3.63) is 35.9 Å². The lowest BCUT2D eigenvalue weighted by Crippen LogP contribution is -2.44. The maximum Gasteiger partial charge on any atom is 0.220 e. The number of nitrogens with zero attached hydrogens (tertiary/aromatic N) is 2. The Labute approximate surface area is 169 Å². The summed E-state index contributed by atoms with van der Waals surface area (Å²) in [5.41, 5.74) is 1.36. The summed E-state index contributed by atoms with van der Waals surface area (Å²) in [6.07, 6.45) is 4.74. The van der Waals surface area contributed by atoms with Gasteiger partial charge in [0, 0.05) is 50.7 Å². The van der Waals surface area contributed by atoms with Crippen LogP contribution in [0.5, 0.6) is 0 Å². The Kier molecular flexibility index (Phi) is 7.71. The number of carbonyl (C=O) groups excluding carboxylic acids is 1. The van der Waals surface area contributed by atoms with Gasteiger partial charge >= 0.3 is 0 Å². The van der Waals surface area contributed by atoms with Crippen LogP contribution < -0.4 is 16.0 Å². The van der Waals surface area contributed by atoms with Crippen molar-refractivity contribution in [1.82, 2.24) is 20.9 Å². The fourth-order valence-corrected chi connectivity index (χ4v) is 3.71. The van der Waals surface area contributed by atoms with Crippen molar-refractivity contribution in [1.29, 1.82) is 0 Å². The largest absolute Gasteiger partial charge is 0.357 e. The highest BCUT2D eigenvalue weighted by Gasteiger charge is 2.29. The van der Waals surface area contributed by atoms with Gasteiger partial charge in [0.15, 0.2) is 5.96 Å². The third-order valence-corrected chi connectivity index (χ3v) is 5.39. The third-order valence-electron chi connectivity index (χ3n) is 5.39. The van der Waals surface area contributed by atoms with Crippen molar-refractivity contribution >= 4 is 11.9 Å². The first-order valence-corrected chi connectivity index (χ1v) is 10.8. The highest BCUT2D eigenvalue weighted by molar-refractivity contribution is 5.80. The number of hydrogen-bond acceptors (Lipinski definition) is 3. The van der Waals surface area contributed by atoms with Gasteiger partial charge < -0.3 is 16.0 Å². The Morgan fingerprint density at radius 1 is 1.18 bits per heavy atom. The fourth-order valence-electron chi connectivity index (χ4n) is 3.71. The second-order valence-electron chi connectivity index (χ2n) is 8.05. The highest BCUT2D eigenvalue weighted by Crippen LogP contribution is 2.20. The molecule has 1 aliphatic heterocycles. The van der Waals surface area contributed by atoms with Crippen LogP contribution in [0.25, 0.3) is 0 Å². The van der Waals surface area contributed by atoms with E-state index in [1.807, 2.05) is 0 Å². The molecular formula is C22H35N5O. The molecule has 2 atom stereocenters. The van der Waals surface area contributed by atoms with E-state index in [1.165, 1.54) is 5.56 Å². The molecule has 0 radical (unpaired) electrons. The zero-order valence-corrected chi connectivity index (χ0v) is 17.3. The van der Waals surface area contributed by atoms with Gasteiger partial charge in [-0.25, -0.2) is 0 Å². The summed E-state index contributed by atoms with van der Waals surface area (Å²) >= 11 is 0. The molecule has 2 unspecified atom stereocenters. The van der Waals surface area contributed by atoms with Crippen LogP contribution in [0.15, 0.2) is 35.3 Å². The summed E-state index contributed by atoms with van der Waals surface area (Å²) in [5.74, 6) is 1.03. The smallest absolute Gasteiger partial charge is 0.220 e. The van der Waals surface area contributed by atoms with E-state index in [2.05, 4.69) is 70.0 Å². The second-order valence-corrected chi connectivity index (χ2v) is 8.05. The number of aliphatic imine (C=N–C) groups is 1. The quantitative estimate of drug-likeness (QED) is 0.346. The van der Waals surface area contributed by atoms with Crippen LogP contribution in [0, 0.1) is 0 Å². The lowest BCUT2D eigenvalue weighted by molar-refractivity contribution is -0.121. The van der Waals surface area contributed by atoms with Crippen molar-refractivity contribution in [2.75, 3.05) is 19.6 Å². The van der Waals surface area contributed by atoms with Gasteiger partial charge in [-0.15, -0.1) is 0 Å². The Bertz CT molecular complexity index is 644. The molecule has 0 spiro atoms. The average molecular weight is 386 g/mol. The number of nitrogens with one attached hydrogen (secondary N) is 3. The predicted octanol–water partition coefficient (Wildman–Crippen LogP) is 2.26. The first-order chi connectivity index (χ1) is 13.6. The van der Waals surface area contributed by atoms with Gasteiger partial charge in [0.1, 0.15) is 0 Å². The van der Waals surface area contributed by atoms with E-state index in [0.717, 1.165) is 51.3 Å². The molecule has 0 aromatic heterocycles. The van der Waals surface area contributed by atoms with Gasteiger partial charge in [0.25, 0.3) is 0 Å². The summed E-state index contributed by atoms with van der Waals surface area (Å²) < 4.78 is 0.